The monoisotopic (exact) mass is 426 g/mol. The SMILES string of the molecule is COCCNCCN(C)Cc1cc(I)ccc1Br. The van der Waals surface area contributed by atoms with E-state index in [0.717, 1.165) is 32.8 Å². The molecule has 1 N–H and O–H groups in total. The summed E-state index contributed by atoms with van der Waals surface area (Å²) in [5.74, 6) is 0. The Kier molecular flexibility index (Phi) is 8.41. The standard InChI is InChI=1S/C13H20BrIN2O/c1-17(7-5-16-6-8-18-2)10-11-9-12(15)3-4-13(11)14/h3-4,9,16H,5-8,10H2,1-2H3. The number of methoxy groups -OCH3 is 1. The Morgan fingerprint density at radius 2 is 2.17 bits per heavy atom. The zero-order valence-electron chi connectivity index (χ0n) is 10.9. The first-order valence-electron chi connectivity index (χ1n) is 5.95. The highest BCUT2D eigenvalue weighted by atomic mass is 127. The van der Waals surface area contributed by atoms with E-state index in [2.05, 4.69) is 74.0 Å². The van der Waals surface area contributed by atoms with Crippen LogP contribution in [0.3, 0.4) is 0 Å². The molecule has 5 heteroatoms. The summed E-state index contributed by atoms with van der Waals surface area (Å²) in [7, 11) is 3.87. The summed E-state index contributed by atoms with van der Waals surface area (Å²) in [5.41, 5.74) is 1.33. The van der Waals surface area contributed by atoms with Crippen molar-refractivity contribution in [2.45, 2.75) is 6.54 Å². The molecule has 0 fully saturated rings. The van der Waals surface area contributed by atoms with Crippen LogP contribution in [0.25, 0.3) is 0 Å². The summed E-state index contributed by atoms with van der Waals surface area (Å²) in [6.45, 7) is 4.66. The molecule has 102 valence electrons. The van der Waals surface area contributed by atoms with Crippen LogP contribution in [0.1, 0.15) is 5.56 Å². The van der Waals surface area contributed by atoms with Gasteiger partial charge < -0.3 is 15.0 Å². The fourth-order valence-corrected chi connectivity index (χ4v) is 2.53. The molecule has 0 aromatic heterocycles. The third-order valence-corrected chi connectivity index (χ3v) is 4.05. The van der Waals surface area contributed by atoms with Gasteiger partial charge in [0.25, 0.3) is 0 Å². The fraction of sp³-hybridized carbons (Fsp3) is 0.538. The van der Waals surface area contributed by atoms with Crippen LogP contribution >= 0.6 is 38.5 Å². The van der Waals surface area contributed by atoms with Gasteiger partial charge in [0.05, 0.1) is 6.61 Å². The van der Waals surface area contributed by atoms with E-state index < -0.39 is 0 Å². The molecule has 1 aromatic rings. The molecule has 0 aliphatic heterocycles. The number of nitrogens with zero attached hydrogens (tertiary/aromatic N) is 1. The smallest absolute Gasteiger partial charge is 0.0587 e. The van der Waals surface area contributed by atoms with Crippen molar-refractivity contribution in [3.8, 4) is 0 Å². The van der Waals surface area contributed by atoms with E-state index in [1.165, 1.54) is 13.6 Å². The number of benzene rings is 1. The highest BCUT2D eigenvalue weighted by Gasteiger charge is 2.04. The van der Waals surface area contributed by atoms with E-state index in [-0.39, 0.29) is 0 Å². The van der Waals surface area contributed by atoms with Gasteiger partial charge in [-0.3, -0.25) is 0 Å². The van der Waals surface area contributed by atoms with Crippen molar-refractivity contribution >= 4 is 38.5 Å². The minimum Gasteiger partial charge on any atom is -0.383 e. The lowest BCUT2D eigenvalue weighted by atomic mass is 10.2. The van der Waals surface area contributed by atoms with Crippen LogP contribution in [0.15, 0.2) is 22.7 Å². The topological polar surface area (TPSA) is 24.5 Å². The van der Waals surface area contributed by atoms with Gasteiger partial charge in [-0.2, -0.15) is 0 Å². The van der Waals surface area contributed by atoms with Gasteiger partial charge in [-0.25, -0.2) is 0 Å². The quantitative estimate of drug-likeness (QED) is 0.511. The van der Waals surface area contributed by atoms with E-state index in [4.69, 9.17) is 4.74 Å². The van der Waals surface area contributed by atoms with E-state index in [1.807, 2.05) is 0 Å². The predicted octanol–water partition coefficient (Wildman–Crippen LogP) is 2.72. The van der Waals surface area contributed by atoms with Crippen molar-refractivity contribution in [3.63, 3.8) is 0 Å². The molecule has 1 rings (SSSR count). The van der Waals surface area contributed by atoms with Crippen molar-refractivity contribution in [2.75, 3.05) is 40.4 Å². The van der Waals surface area contributed by atoms with Crippen molar-refractivity contribution in [2.24, 2.45) is 0 Å². The molecule has 0 spiro atoms. The third-order valence-electron chi connectivity index (χ3n) is 2.60. The van der Waals surface area contributed by atoms with Gasteiger partial charge in [-0.15, -0.1) is 0 Å². The molecule has 0 unspecified atom stereocenters. The molecule has 18 heavy (non-hydrogen) atoms. The number of halogens is 2. The second-order valence-corrected chi connectivity index (χ2v) is 6.32. The third kappa shape index (κ3) is 6.47. The minimum atomic E-state index is 0.770. The summed E-state index contributed by atoms with van der Waals surface area (Å²) >= 11 is 5.95. The van der Waals surface area contributed by atoms with Gasteiger partial charge in [-0.1, -0.05) is 15.9 Å². The molecule has 1 aromatic carbocycles. The van der Waals surface area contributed by atoms with E-state index in [1.54, 1.807) is 7.11 Å². The Morgan fingerprint density at radius 1 is 1.39 bits per heavy atom. The van der Waals surface area contributed by atoms with Crippen LogP contribution in [0, 0.1) is 3.57 Å². The maximum atomic E-state index is 4.99. The second-order valence-electron chi connectivity index (χ2n) is 4.22. The summed E-state index contributed by atoms with van der Waals surface area (Å²) in [6.07, 6.45) is 0. The van der Waals surface area contributed by atoms with Gasteiger partial charge in [-0.05, 0) is 53.4 Å². The molecule has 0 radical (unpaired) electrons. The van der Waals surface area contributed by atoms with Crippen LogP contribution < -0.4 is 5.32 Å². The summed E-state index contributed by atoms with van der Waals surface area (Å²) < 4.78 is 7.45. The molecule has 0 heterocycles. The van der Waals surface area contributed by atoms with Crippen LogP contribution in [0.5, 0.6) is 0 Å². The summed E-state index contributed by atoms with van der Waals surface area (Å²) in [6, 6.07) is 6.45. The fourth-order valence-electron chi connectivity index (χ4n) is 1.60. The maximum Gasteiger partial charge on any atom is 0.0587 e. The average Bonchev–Trinajstić information content (AvgIpc) is 2.33. The molecule has 0 atom stereocenters. The van der Waals surface area contributed by atoms with Crippen LogP contribution in [0.2, 0.25) is 0 Å². The Hall–Kier alpha value is 0.310. The lowest BCUT2D eigenvalue weighted by Gasteiger charge is -2.18. The summed E-state index contributed by atoms with van der Waals surface area (Å²) in [5, 5.41) is 3.35. The maximum absolute atomic E-state index is 4.99. The van der Waals surface area contributed by atoms with Crippen molar-refractivity contribution in [1.82, 2.24) is 10.2 Å². The Bertz CT molecular complexity index is 363. The summed E-state index contributed by atoms with van der Waals surface area (Å²) in [4.78, 5) is 2.32. The molecule has 0 aliphatic rings. The Balaban J connectivity index is 2.30. The highest BCUT2D eigenvalue weighted by Crippen LogP contribution is 2.20. The normalized spacial score (nSPS) is 11.2. The second kappa shape index (κ2) is 9.25. The molecular formula is C13H20BrIN2O. The van der Waals surface area contributed by atoms with Crippen molar-refractivity contribution in [3.05, 3.63) is 31.8 Å². The number of likely N-dealkylation sites (N-methyl/N-ethyl adjacent to an activating group) is 1. The average molecular weight is 427 g/mol. The molecular weight excluding hydrogens is 407 g/mol. The number of ether oxygens (including phenoxy) is 1. The van der Waals surface area contributed by atoms with Gasteiger partial charge >= 0.3 is 0 Å². The van der Waals surface area contributed by atoms with E-state index in [0.29, 0.717) is 0 Å². The molecule has 0 saturated heterocycles. The van der Waals surface area contributed by atoms with Crippen LogP contribution in [-0.4, -0.2) is 45.3 Å². The lowest BCUT2D eigenvalue weighted by Crippen LogP contribution is -2.30. The van der Waals surface area contributed by atoms with Crippen molar-refractivity contribution < 1.29 is 4.74 Å². The number of hydrogen-bond donors (Lipinski definition) is 1. The first-order valence-corrected chi connectivity index (χ1v) is 7.82. The first-order chi connectivity index (χ1) is 8.63. The van der Waals surface area contributed by atoms with E-state index in [9.17, 15) is 0 Å². The van der Waals surface area contributed by atoms with Crippen LogP contribution in [-0.2, 0) is 11.3 Å². The molecule has 3 nitrogen and oxygen atoms in total. The zero-order chi connectivity index (χ0) is 13.4. The van der Waals surface area contributed by atoms with Gasteiger partial charge in [0.15, 0.2) is 0 Å². The van der Waals surface area contributed by atoms with Crippen molar-refractivity contribution in [1.29, 1.82) is 0 Å². The first kappa shape index (κ1) is 16.4. The number of nitrogens with one attached hydrogen (secondary N) is 1. The van der Waals surface area contributed by atoms with Gasteiger partial charge in [0.1, 0.15) is 0 Å². The molecule has 0 amide bonds. The predicted molar refractivity (Wildman–Crippen MR) is 87.9 cm³/mol. The molecule has 0 bridgehead atoms. The Labute approximate surface area is 132 Å². The molecule has 0 aliphatic carbocycles. The largest absolute Gasteiger partial charge is 0.383 e. The Morgan fingerprint density at radius 3 is 2.89 bits per heavy atom. The van der Waals surface area contributed by atoms with Crippen LogP contribution in [0.4, 0.5) is 0 Å². The zero-order valence-corrected chi connectivity index (χ0v) is 14.6. The van der Waals surface area contributed by atoms with E-state index >= 15 is 0 Å². The highest BCUT2D eigenvalue weighted by molar-refractivity contribution is 14.1. The lowest BCUT2D eigenvalue weighted by molar-refractivity contribution is 0.197. The van der Waals surface area contributed by atoms with Gasteiger partial charge in [0.2, 0.25) is 0 Å². The molecule has 0 saturated carbocycles. The van der Waals surface area contributed by atoms with Gasteiger partial charge in [0, 0.05) is 41.3 Å². The number of rotatable bonds is 8. The minimum absolute atomic E-state index is 0.770. The number of hydrogen-bond acceptors (Lipinski definition) is 3.